The van der Waals surface area contributed by atoms with E-state index in [1.807, 2.05) is 18.2 Å². The van der Waals surface area contributed by atoms with E-state index in [-0.39, 0.29) is 13.2 Å². The van der Waals surface area contributed by atoms with Crippen molar-refractivity contribution in [2.24, 2.45) is 5.41 Å². The quantitative estimate of drug-likeness (QED) is 0.691. The molecule has 1 aliphatic rings. The van der Waals surface area contributed by atoms with Gasteiger partial charge >= 0.3 is 0 Å². The zero-order chi connectivity index (χ0) is 11.4. The Hall–Kier alpha value is -1.65. The molecule has 2 rings (SSSR count). The highest BCUT2D eigenvalue weighted by atomic mass is 16.3. The largest absolute Gasteiger partial charge is 0.395 e. The number of pyridine rings is 1. The molecule has 4 nitrogen and oxygen atoms in total. The van der Waals surface area contributed by atoms with E-state index in [1.54, 1.807) is 24.5 Å². The van der Waals surface area contributed by atoms with Gasteiger partial charge in [-0.1, -0.05) is 12.1 Å². The maximum atomic E-state index is 9.30. The Labute approximate surface area is 94.0 Å². The Bertz CT molecular complexity index is 408. The molecule has 0 saturated carbocycles. The lowest BCUT2D eigenvalue weighted by atomic mass is 9.87. The molecule has 1 aliphatic heterocycles. The lowest BCUT2D eigenvalue weighted by Gasteiger charge is -2.27. The van der Waals surface area contributed by atoms with Gasteiger partial charge in [-0.3, -0.25) is 4.98 Å². The highest BCUT2D eigenvalue weighted by molar-refractivity contribution is 5.64. The Morgan fingerprint density at radius 3 is 2.69 bits per heavy atom. The van der Waals surface area contributed by atoms with E-state index in [0.29, 0.717) is 0 Å². The lowest BCUT2D eigenvalue weighted by molar-refractivity contribution is 0.128. The normalized spacial score (nSPS) is 17.8. The first-order valence-electron chi connectivity index (χ1n) is 5.10. The third-order valence-electron chi connectivity index (χ3n) is 2.62. The van der Waals surface area contributed by atoms with Crippen LogP contribution >= 0.6 is 0 Å². The number of hydrogen-bond acceptors (Lipinski definition) is 4. The van der Waals surface area contributed by atoms with Gasteiger partial charge < -0.3 is 15.5 Å². The summed E-state index contributed by atoms with van der Waals surface area (Å²) in [7, 11) is 0. The fourth-order valence-corrected chi connectivity index (χ4v) is 1.59. The Kier molecular flexibility index (Phi) is 3.03. The maximum absolute atomic E-state index is 9.30. The number of aromatic nitrogens is 1. The maximum Gasteiger partial charge on any atom is 0.0861 e. The fourth-order valence-electron chi connectivity index (χ4n) is 1.59. The Balaban J connectivity index is 2.34. The van der Waals surface area contributed by atoms with Gasteiger partial charge in [0.25, 0.3) is 0 Å². The summed E-state index contributed by atoms with van der Waals surface area (Å²) in [6.07, 6.45) is 6.97. The summed E-state index contributed by atoms with van der Waals surface area (Å²) < 4.78 is 0. The summed E-state index contributed by atoms with van der Waals surface area (Å²) >= 11 is 0. The average molecular weight is 218 g/mol. The smallest absolute Gasteiger partial charge is 0.0861 e. The summed E-state index contributed by atoms with van der Waals surface area (Å²) in [6, 6.07) is 5.61. The predicted molar refractivity (Wildman–Crippen MR) is 61.1 cm³/mol. The van der Waals surface area contributed by atoms with Gasteiger partial charge in [0.2, 0.25) is 0 Å². The third-order valence-corrected chi connectivity index (χ3v) is 2.62. The van der Waals surface area contributed by atoms with Gasteiger partial charge in [0.15, 0.2) is 0 Å². The first-order chi connectivity index (χ1) is 7.79. The second kappa shape index (κ2) is 4.47. The molecule has 0 amide bonds. The molecular weight excluding hydrogens is 204 g/mol. The van der Waals surface area contributed by atoms with Crippen LogP contribution in [-0.2, 0) is 0 Å². The van der Waals surface area contributed by atoms with Gasteiger partial charge in [-0.2, -0.15) is 0 Å². The fraction of sp³-hybridized carbons (Fsp3) is 0.250. The van der Waals surface area contributed by atoms with Gasteiger partial charge in [0.05, 0.1) is 30.0 Å². The number of rotatable bonds is 3. The number of aliphatic hydroxyl groups is 2. The average Bonchev–Trinajstić information content (AvgIpc) is 2.40. The molecule has 4 heteroatoms. The van der Waals surface area contributed by atoms with Crippen molar-refractivity contribution in [1.29, 1.82) is 0 Å². The van der Waals surface area contributed by atoms with Crippen LogP contribution in [0.25, 0.3) is 5.70 Å². The number of nitrogens with zero attached hydrogens (tertiary/aromatic N) is 1. The molecule has 84 valence electrons. The Morgan fingerprint density at radius 2 is 2.06 bits per heavy atom. The molecule has 0 atom stereocenters. The van der Waals surface area contributed by atoms with E-state index in [4.69, 9.17) is 0 Å². The van der Waals surface area contributed by atoms with Crippen molar-refractivity contribution < 1.29 is 10.2 Å². The molecule has 16 heavy (non-hydrogen) atoms. The van der Waals surface area contributed by atoms with Gasteiger partial charge in [-0.25, -0.2) is 0 Å². The monoisotopic (exact) mass is 218 g/mol. The van der Waals surface area contributed by atoms with Crippen molar-refractivity contribution in [2.75, 3.05) is 13.2 Å². The minimum atomic E-state index is -0.696. The van der Waals surface area contributed by atoms with E-state index >= 15 is 0 Å². The standard InChI is InChI=1S/C12H14N2O2/c15-8-12(9-16)4-6-14-11(7-12)10-3-1-2-5-13-10/h1-7,14-16H,8-9H2. The van der Waals surface area contributed by atoms with Crippen LogP contribution in [0.2, 0.25) is 0 Å². The van der Waals surface area contributed by atoms with E-state index in [1.165, 1.54) is 0 Å². The molecule has 1 aromatic heterocycles. The van der Waals surface area contributed by atoms with Crippen LogP contribution in [0.4, 0.5) is 0 Å². The molecule has 0 unspecified atom stereocenters. The summed E-state index contributed by atoms with van der Waals surface area (Å²) in [6.45, 7) is -0.254. The molecule has 0 saturated heterocycles. The molecule has 2 heterocycles. The van der Waals surface area contributed by atoms with Crippen LogP contribution in [0.1, 0.15) is 5.69 Å². The predicted octanol–water partition coefficient (Wildman–Crippen LogP) is 0.510. The number of nitrogens with one attached hydrogen (secondary N) is 1. The van der Waals surface area contributed by atoms with Crippen molar-refractivity contribution in [3.8, 4) is 0 Å². The summed E-state index contributed by atoms with van der Waals surface area (Å²) in [5.41, 5.74) is 0.891. The van der Waals surface area contributed by atoms with Gasteiger partial charge in [-0.05, 0) is 24.4 Å². The van der Waals surface area contributed by atoms with E-state index in [2.05, 4.69) is 10.3 Å². The van der Waals surface area contributed by atoms with Crippen molar-refractivity contribution in [1.82, 2.24) is 10.3 Å². The van der Waals surface area contributed by atoms with E-state index in [9.17, 15) is 10.2 Å². The molecule has 3 N–H and O–H groups in total. The van der Waals surface area contributed by atoms with Crippen molar-refractivity contribution >= 4 is 5.70 Å². The van der Waals surface area contributed by atoms with Crippen molar-refractivity contribution in [3.63, 3.8) is 0 Å². The second-order valence-corrected chi connectivity index (χ2v) is 3.80. The second-order valence-electron chi connectivity index (χ2n) is 3.80. The molecule has 0 fully saturated rings. The van der Waals surface area contributed by atoms with Gasteiger partial charge in [-0.15, -0.1) is 0 Å². The lowest BCUT2D eigenvalue weighted by Crippen LogP contribution is -2.30. The van der Waals surface area contributed by atoms with Gasteiger partial charge in [0.1, 0.15) is 0 Å². The number of dihydropyridines is 1. The van der Waals surface area contributed by atoms with Crippen molar-refractivity contribution in [2.45, 2.75) is 0 Å². The topological polar surface area (TPSA) is 65.4 Å². The summed E-state index contributed by atoms with van der Waals surface area (Å²) in [5, 5.41) is 21.7. The minimum absolute atomic E-state index is 0.127. The van der Waals surface area contributed by atoms with Gasteiger partial charge in [0, 0.05) is 6.20 Å². The molecule has 0 aromatic carbocycles. The van der Waals surface area contributed by atoms with Crippen LogP contribution in [0.3, 0.4) is 0 Å². The highest BCUT2D eigenvalue weighted by Crippen LogP contribution is 2.27. The molecular formula is C12H14N2O2. The molecule has 0 aliphatic carbocycles. The minimum Gasteiger partial charge on any atom is -0.395 e. The number of hydrogen-bond donors (Lipinski definition) is 3. The van der Waals surface area contributed by atoms with E-state index < -0.39 is 5.41 Å². The summed E-state index contributed by atoms with van der Waals surface area (Å²) in [4.78, 5) is 4.21. The molecule has 0 radical (unpaired) electrons. The number of aliphatic hydroxyl groups excluding tert-OH is 2. The van der Waals surface area contributed by atoms with Crippen LogP contribution < -0.4 is 5.32 Å². The first-order valence-corrected chi connectivity index (χ1v) is 5.10. The SMILES string of the molecule is OCC1(CO)C=CNC(c2ccccn2)=C1. The zero-order valence-electron chi connectivity index (χ0n) is 8.80. The van der Waals surface area contributed by atoms with Crippen LogP contribution in [0, 0.1) is 5.41 Å². The molecule has 0 spiro atoms. The third kappa shape index (κ3) is 1.98. The first kappa shape index (κ1) is 10.9. The van der Waals surface area contributed by atoms with Crippen LogP contribution in [-0.4, -0.2) is 28.4 Å². The molecule has 1 aromatic rings. The summed E-state index contributed by atoms with van der Waals surface area (Å²) in [5.74, 6) is 0. The molecule has 0 bridgehead atoms. The zero-order valence-corrected chi connectivity index (χ0v) is 8.80. The van der Waals surface area contributed by atoms with Crippen molar-refractivity contribution in [3.05, 3.63) is 48.4 Å². The van der Waals surface area contributed by atoms with Crippen LogP contribution in [0.15, 0.2) is 42.7 Å². The van der Waals surface area contributed by atoms with E-state index in [0.717, 1.165) is 11.4 Å². The highest BCUT2D eigenvalue weighted by Gasteiger charge is 2.26. The Morgan fingerprint density at radius 1 is 1.25 bits per heavy atom. The van der Waals surface area contributed by atoms with Crippen LogP contribution in [0.5, 0.6) is 0 Å².